The third-order valence-electron chi connectivity index (χ3n) is 5.25. The highest BCUT2D eigenvalue weighted by Gasteiger charge is 2.24. The van der Waals surface area contributed by atoms with Crippen LogP contribution in [0.5, 0.6) is 0 Å². The van der Waals surface area contributed by atoms with Crippen LogP contribution in [0, 0.1) is 6.92 Å². The maximum absolute atomic E-state index is 12.2. The quantitative estimate of drug-likeness (QED) is 0.879. The van der Waals surface area contributed by atoms with Gasteiger partial charge in [0.05, 0.1) is 5.56 Å². The first kappa shape index (κ1) is 17.7. The van der Waals surface area contributed by atoms with Crippen LogP contribution in [0.4, 0.5) is 0 Å². The standard InChI is InChI=1S/C20H28N4O/c1-3-17-19(16-8-7-9-22-14-16)18(20(21)25)15(2)24(17)13-12-23-10-5-4-6-11-23/h7-9,14H,3-6,10-13H2,1-2H3,(H2,21,25). The van der Waals surface area contributed by atoms with Crippen LogP contribution in [0.3, 0.4) is 0 Å². The maximum atomic E-state index is 12.2. The number of hydrogen-bond acceptors (Lipinski definition) is 3. The van der Waals surface area contributed by atoms with Gasteiger partial charge in [0.1, 0.15) is 0 Å². The normalized spacial score (nSPS) is 15.4. The number of carbonyl (C=O) groups excluding carboxylic acids is 1. The van der Waals surface area contributed by atoms with E-state index in [1.807, 2.05) is 25.3 Å². The van der Waals surface area contributed by atoms with E-state index < -0.39 is 0 Å². The van der Waals surface area contributed by atoms with Gasteiger partial charge in [-0.15, -0.1) is 0 Å². The van der Waals surface area contributed by atoms with Crippen molar-refractivity contribution in [3.05, 3.63) is 41.5 Å². The van der Waals surface area contributed by atoms with Gasteiger partial charge in [-0.05, 0) is 45.3 Å². The van der Waals surface area contributed by atoms with E-state index in [0.29, 0.717) is 5.56 Å². The number of rotatable bonds is 6. The first-order valence-electron chi connectivity index (χ1n) is 9.28. The zero-order valence-electron chi connectivity index (χ0n) is 15.3. The Morgan fingerprint density at radius 3 is 2.60 bits per heavy atom. The number of nitrogens with zero attached hydrogens (tertiary/aromatic N) is 3. The summed E-state index contributed by atoms with van der Waals surface area (Å²) in [5, 5.41) is 0. The highest BCUT2D eigenvalue weighted by atomic mass is 16.1. The number of likely N-dealkylation sites (tertiary alicyclic amines) is 1. The van der Waals surface area contributed by atoms with Crippen molar-refractivity contribution in [1.82, 2.24) is 14.5 Å². The average molecular weight is 340 g/mol. The number of amides is 1. The van der Waals surface area contributed by atoms with Crippen LogP contribution in [-0.2, 0) is 13.0 Å². The predicted molar refractivity (Wildman–Crippen MR) is 101 cm³/mol. The van der Waals surface area contributed by atoms with Gasteiger partial charge in [-0.1, -0.05) is 19.4 Å². The molecule has 0 unspecified atom stereocenters. The largest absolute Gasteiger partial charge is 0.366 e. The molecule has 2 N–H and O–H groups in total. The second-order valence-electron chi connectivity index (χ2n) is 6.80. The average Bonchev–Trinajstić information content (AvgIpc) is 2.93. The van der Waals surface area contributed by atoms with E-state index in [-0.39, 0.29) is 5.91 Å². The number of aromatic nitrogens is 2. The number of nitrogens with two attached hydrogens (primary N) is 1. The van der Waals surface area contributed by atoms with Crippen LogP contribution in [0.15, 0.2) is 24.5 Å². The minimum Gasteiger partial charge on any atom is -0.366 e. The van der Waals surface area contributed by atoms with Gasteiger partial charge in [0, 0.05) is 48.0 Å². The molecule has 1 amide bonds. The summed E-state index contributed by atoms with van der Waals surface area (Å²) < 4.78 is 2.29. The van der Waals surface area contributed by atoms with Crippen LogP contribution in [0.25, 0.3) is 11.1 Å². The molecule has 1 aliphatic heterocycles. The van der Waals surface area contributed by atoms with Crippen molar-refractivity contribution in [2.45, 2.75) is 46.1 Å². The van der Waals surface area contributed by atoms with Crippen molar-refractivity contribution in [2.24, 2.45) is 5.73 Å². The van der Waals surface area contributed by atoms with Gasteiger partial charge in [0.25, 0.3) is 5.91 Å². The molecule has 3 heterocycles. The van der Waals surface area contributed by atoms with Crippen LogP contribution in [0.2, 0.25) is 0 Å². The summed E-state index contributed by atoms with van der Waals surface area (Å²) >= 11 is 0. The Labute approximate surface area is 149 Å². The number of hydrogen-bond donors (Lipinski definition) is 1. The fourth-order valence-corrected chi connectivity index (χ4v) is 4.02. The molecule has 2 aromatic rings. The summed E-state index contributed by atoms with van der Waals surface area (Å²) in [5.41, 5.74) is 10.5. The van der Waals surface area contributed by atoms with Crippen LogP contribution in [0.1, 0.15) is 47.9 Å². The Balaban J connectivity index is 1.98. The minimum atomic E-state index is -0.359. The molecular weight excluding hydrogens is 312 g/mol. The van der Waals surface area contributed by atoms with Gasteiger partial charge in [0.2, 0.25) is 0 Å². The molecule has 0 radical (unpaired) electrons. The minimum absolute atomic E-state index is 0.359. The Kier molecular flexibility index (Phi) is 5.53. The van der Waals surface area contributed by atoms with Crippen LogP contribution < -0.4 is 5.73 Å². The van der Waals surface area contributed by atoms with Crippen molar-refractivity contribution < 1.29 is 4.79 Å². The first-order valence-corrected chi connectivity index (χ1v) is 9.28. The fourth-order valence-electron chi connectivity index (χ4n) is 4.02. The Morgan fingerprint density at radius 1 is 1.24 bits per heavy atom. The highest BCUT2D eigenvalue weighted by Crippen LogP contribution is 2.32. The molecule has 5 heteroatoms. The van der Waals surface area contributed by atoms with E-state index in [1.54, 1.807) is 6.20 Å². The number of pyridine rings is 1. The third kappa shape index (κ3) is 3.61. The monoisotopic (exact) mass is 340 g/mol. The van der Waals surface area contributed by atoms with Gasteiger partial charge in [0.15, 0.2) is 0 Å². The molecule has 1 saturated heterocycles. The predicted octanol–water partition coefficient (Wildman–Crippen LogP) is 3.01. The van der Waals surface area contributed by atoms with E-state index in [0.717, 1.165) is 36.3 Å². The molecule has 25 heavy (non-hydrogen) atoms. The lowest BCUT2D eigenvalue weighted by Gasteiger charge is -2.27. The summed E-state index contributed by atoms with van der Waals surface area (Å²) in [5.74, 6) is -0.359. The van der Waals surface area contributed by atoms with E-state index in [4.69, 9.17) is 5.73 Å². The lowest BCUT2D eigenvalue weighted by Crippen LogP contribution is -2.33. The topological polar surface area (TPSA) is 64.1 Å². The van der Waals surface area contributed by atoms with Gasteiger partial charge < -0.3 is 15.2 Å². The molecule has 1 fully saturated rings. The summed E-state index contributed by atoms with van der Waals surface area (Å²) in [4.78, 5) is 18.9. The molecule has 0 atom stereocenters. The molecule has 0 bridgehead atoms. The number of carbonyl (C=O) groups is 1. The van der Waals surface area contributed by atoms with Gasteiger partial charge in [-0.2, -0.15) is 0 Å². The van der Waals surface area contributed by atoms with Crippen LogP contribution in [-0.4, -0.2) is 40.0 Å². The zero-order valence-corrected chi connectivity index (χ0v) is 15.3. The van der Waals surface area contributed by atoms with E-state index in [1.165, 1.54) is 38.0 Å². The molecule has 3 rings (SSSR count). The third-order valence-corrected chi connectivity index (χ3v) is 5.25. The lowest BCUT2D eigenvalue weighted by molar-refractivity contribution is 0.1000. The lowest BCUT2D eigenvalue weighted by atomic mass is 10.0. The molecule has 1 aliphatic rings. The van der Waals surface area contributed by atoms with Crippen molar-refractivity contribution in [3.8, 4) is 11.1 Å². The van der Waals surface area contributed by atoms with Gasteiger partial charge in [-0.3, -0.25) is 9.78 Å². The SMILES string of the molecule is CCc1c(-c2cccnc2)c(C(N)=O)c(C)n1CCN1CCCCC1. The van der Waals surface area contributed by atoms with E-state index in [9.17, 15) is 4.79 Å². The van der Waals surface area contributed by atoms with E-state index >= 15 is 0 Å². The molecule has 0 spiro atoms. The molecule has 0 aromatic carbocycles. The van der Waals surface area contributed by atoms with Gasteiger partial charge >= 0.3 is 0 Å². The zero-order chi connectivity index (χ0) is 17.8. The summed E-state index contributed by atoms with van der Waals surface area (Å²) in [7, 11) is 0. The molecular formula is C20H28N4O. The fraction of sp³-hybridized carbons (Fsp3) is 0.500. The molecule has 0 saturated carbocycles. The molecule has 134 valence electrons. The second kappa shape index (κ2) is 7.83. The first-order chi connectivity index (χ1) is 12.1. The molecule has 0 aliphatic carbocycles. The summed E-state index contributed by atoms with van der Waals surface area (Å²) in [6.45, 7) is 8.43. The van der Waals surface area contributed by atoms with E-state index in [2.05, 4.69) is 21.4 Å². The van der Waals surface area contributed by atoms with Crippen molar-refractivity contribution in [1.29, 1.82) is 0 Å². The Hall–Kier alpha value is -2.14. The Bertz CT molecular complexity index is 730. The van der Waals surface area contributed by atoms with Crippen molar-refractivity contribution in [3.63, 3.8) is 0 Å². The van der Waals surface area contributed by atoms with Crippen molar-refractivity contribution in [2.75, 3.05) is 19.6 Å². The van der Waals surface area contributed by atoms with Gasteiger partial charge in [-0.25, -0.2) is 0 Å². The Morgan fingerprint density at radius 2 is 2.00 bits per heavy atom. The van der Waals surface area contributed by atoms with Crippen molar-refractivity contribution >= 4 is 5.91 Å². The molecule has 5 nitrogen and oxygen atoms in total. The highest BCUT2D eigenvalue weighted by molar-refractivity contribution is 6.02. The maximum Gasteiger partial charge on any atom is 0.251 e. The van der Waals surface area contributed by atoms with Crippen LogP contribution >= 0.6 is 0 Å². The number of piperidine rings is 1. The second-order valence-corrected chi connectivity index (χ2v) is 6.80. The number of primary amides is 1. The molecule has 2 aromatic heterocycles. The summed E-state index contributed by atoms with van der Waals surface area (Å²) in [6, 6.07) is 3.91. The smallest absolute Gasteiger partial charge is 0.251 e. The summed E-state index contributed by atoms with van der Waals surface area (Å²) in [6.07, 6.45) is 8.35.